The van der Waals surface area contributed by atoms with Crippen LogP contribution < -0.4 is 10.2 Å². The number of pyridine rings is 1. The zero-order valence-electron chi connectivity index (χ0n) is 13.3. The third-order valence-corrected chi connectivity index (χ3v) is 4.48. The van der Waals surface area contributed by atoms with Gasteiger partial charge in [-0.15, -0.1) is 0 Å². The van der Waals surface area contributed by atoms with Crippen molar-refractivity contribution in [2.75, 3.05) is 11.4 Å². The number of aromatic nitrogens is 2. The molecule has 1 aliphatic carbocycles. The Labute approximate surface area is 127 Å². The lowest BCUT2D eigenvalue weighted by Crippen LogP contribution is -2.34. The highest BCUT2D eigenvalue weighted by Crippen LogP contribution is 2.26. The summed E-state index contributed by atoms with van der Waals surface area (Å²) < 4.78 is 2.23. The summed E-state index contributed by atoms with van der Waals surface area (Å²) in [5.74, 6) is 1.14. The van der Waals surface area contributed by atoms with Crippen molar-refractivity contribution in [2.24, 2.45) is 0 Å². The van der Waals surface area contributed by atoms with Crippen LogP contribution in [0.3, 0.4) is 0 Å². The average Bonchev–Trinajstić information content (AvgIpc) is 3.27. The van der Waals surface area contributed by atoms with Crippen LogP contribution in [0.15, 0.2) is 24.4 Å². The van der Waals surface area contributed by atoms with Crippen molar-refractivity contribution in [3.63, 3.8) is 0 Å². The average molecular weight is 286 g/mol. The van der Waals surface area contributed by atoms with Crippen molar-refractivity contribution in [3.8, 4) is 0 Å². The van der Waals surface area contributed by atoms with Crippen LogP contribution in [0.1, 0.15) is 45.7 Å². The fourth-order valence-electron chi connectivity index (χ4n) is 2.85. The summed E-state index contributed by atoms with van der Waals surface area (Å²) in [6.45, 7) is 8.64. The molecule has 0 aromatic carbocycles. The molecule has 2 heterocycles. The lowest BCUT2D eigenvalue weighted by atomic mass is 10.2. The van der Waals surface area contributed by atoms with Gasteiger partial charge in [-0.3, -0.25) is 0 Å². The Morgan fingerprint density at radius 1 is 1.38 bits per heavy atom. The van der Waals surface area contributed by atoms with Gasteiger partial charge in [0.25, 0.3) is 0 Å². The molecule has 0 radical (unpaired) electrons. The van der Waals surface area contributed by atoms with Gasteiger partial charge in [0.05, 0.1) is 5.69 Å². The molecule has 4 nitrogen and oxygen atoms in total. The van der Waals surface area contributed by atoms with E-state index in [9.17, 15) is 0 Å². The minimum absolute atomic E-state index is 0.514. The van der Waals surface area contributed by atoms with Crippen LogP contribution >= 0.6 is 0 Å². The molecule has 1 saturated carbocycles. The number of nitrogens with zero attached hydrogens (tertiary/aromatic N) is 3. The van der Waals surface area contributed by atoms with E-state index in [2.05, 4.69) is 59.8 Å². The molecule has 0 bridgehead atoms. The predicted molar refractivity (Wildman–Crippen MR) is 87.8 cm³/mol. The fourth-order valence-corrected chi connectivity index (χ4v) is 2.85. The topological polar surface area (TPSA) is 32.6 Å². The highest BCUT2D eigenvalue weighted by atomic mass is 15.3. The van der Waals surface area contributed by atoms with E-state index in [0.717, 1.165) is 31.0 Å². The van der Waals surface area contributed by atoms with Gasteiger partial charge >= 0.3 is 0 Å². The van der Waals surface area contributed by atoms with E-state index in [1.165, 1.54) is 18.5 Å². The van der Waals surface area contributed by atoms with Gasteiger partial charge in [0.1, 0.15) is 5.65 Å². The highest BCUT2D eigenvalue weighted by Gasteiger charge is 2.24. The van der Waals surface area contributed by atoms with E-state index in [0.29, 0.717) is 12.1 Å². The number of anilines is 1. The van der Waals surface area contributed by atoms with Crippen LogP contribution in [-0.4, -0.2) is 28.0 Å². The van der Waals surface area contributed by atoms with E-state index in [4.69, 9.17) is 4.98 Å². The molecule has 1 fully saturated rings. The van der Waals surface area contributed by atoms with Crippen LogP contribution in [0.5, 0.6) is 0 Å². The van der Waals surface area contributed by atoms with Crippen LogP contribution in [0.25, 0.3) is 5.65 Å². The van der Waals surface area contributed by atoms with E-state index in [-0.39, 0.29) is 0 Å². The van der Waals surface area contributed by atoms with Crippen molar-refractivity contribution in [1.29, 1.82) is 0 Å². The summed E-state index contributed by atoms with van der Waals surface area (Å²) in [5.41, 5.74) is 2.33. The Hall–Kier alpha value is -1.55. The van der Waals surface area contributed by atoms with Gasteiger partial charge in [-0.1, -0.05) is 13.0 Å². The summed E-state index contributed by atoms with van der Waals surface area (Å²) in [6.07, 6.45) is 5.89. The summed E-state index contributed by atoms with van der Waals surface area (Å²) in [7, 11) is 0. The third-order valence-electron chi connectivity index (χ3n) is 4.48. The largest absolute Gasteiger partial charge is 0.353 e. The second-order valence-electron chi connectivity index (χ2n) is 6.01. The molecule has 3 rings (SSSR count). The van der Waals surface area contributed by atoms with E-state index >= 15 is 0 Å². The molecule has 21 heavy (non-hydrogen) atoms. The second kappa shape index (κ2) is 6.06. The van der Waals surface area contributed by atoms with Crippen LogP contribution in [0, 0.1) is 0 Å². The van der Waals surface area contributed by atoms with Gasteiger partial charge in [-0.25, -0.2) is 4.98 Å². The van der Waals surface area contributed by atoms with Crippen LogP contribution in [-0.2, 0) is 6.54 Å². The van der Waals surface area contributed by atoms with Crippen LogP contribution in [0.4, 0.5) is 5.82 Å². The van der Waals surface area contributed by atoms with Crippen molar-refractivity contribution < 1.29 is 0 Å². The molecule has 4 heteroatoms. The SMILES string of the molecule is CCC(C)N(CC)c1nc2ccccn2c1CNC1CC1. The number of fused-ring (bicyclic) bond motifs is 1. The Morgan fingerprint density at radius 3 is 2.86 bits per heavy atom. The van der Waals surface area contributed by atoms with E-state index in [1.807, 2.05) is 0 Å². The van der Waals surface area contributed by atoms with Crippen molar-refractivity contribution in [1.82, 2.24) is 14.7 Å². The molecule has 1 N–H and O–H groups in total. The molecule has 1 atom stereocenters. The molecule has 1 aliphatic rings. The zero-order chi connectivity index (χ0) is 14.8. The van der Waals surface area contributed by atoms with Crippen molar-refractivity contribution >= 4 is 11.5 Å². The smallest absolute Gasteiger partial charge is 0.152 e. The van der Waals surface area contributed by atoms with Crippen molar-refractivity contribution in [2.45, 2.75) is 58.7 Å². The maximum atomic E-state index is 4.90. The Balaban J connectivity index is 1.99. The zero-order valence-corrected chi connectivity index (χ0v) is 13.3. The van der Waals surface area contributed by atoms with Crippen molar-refractivity contribution in [3.05, 3.63) is 30.1 Å². The van der Waals surface area contributed by atoms with Gasteiger partial charge in [0.15, 0.2) is 5.82 Å². The molecule has 2 aromatic rings. The summed E-state index contributed by atoms with van der Waals surface area (Å²) in [5, 5.41) is 3.64. The Kier molecular flexibility index (Phi) is 4.15. The molecular weight excluding hydrogens is 260 g/mol. The maximum Gasteiger partial charge on any atom is 0.152 e. The fraction of sp³-hybridized carbons (Fsp3) is 0.588. The number of rotatable bonds is 7. The van der Waals surface area contributed by atoms with Gasteiger partial charge < -0.3 is 14.6 Å². The summed E-state index contributed by atoms with van der Waals surface area (Å²) >= 11 is 0. The lowest BCUT2D eigenvalue weighted by Gasteiger charge is -2.28. The van der Waals surface area contributed by atoms with E-state index in [1.54, 1.807) is 0 Å². The first kappa shape index (κ1) is 14.4. The Morgan fingerprint density at radius 2 is 2.19 bits per heavy atom. The van der Waals surface area contributed by atoms with Crippen LogP contribution in [0.2, 0.25) is 0 Å². The second-order valence-corrected chi connectivity index (χ2v) is 6.01. The number of imidazole rings is 1. The summed E-state index contributed by atoms with van der Waals surface area (Å²) in [6, 6.07) is 7.46. The first-order valence-corrected chi connectivity index (χ1v) is 8.20. The summed E-state index contributed by atoms with van der Waals surface area (Å²) in [4.78, 5) is 7.33. The monoisotopic (exact) mass is 286 g/mol. The first-order chi connectivity index (χ1) is 10.2. The van der Waals surface area contributed by atoms with Gasteiger partial charge in [0.2, 0.25) is 0 Å². The molecule has 114 valence electrons. The molecule has 0 amide bonds. The lowest BCUT2D eigenvalue weighted by molar-refractivity contribution is 0.612. The van der Waals surface area contributed by atoms with Gasteiger partial charge in [-0.2, -0.15) is 0 Å². The number of hydrogen-bond acceptors (Lipinski definition) is 3. The predicted octanol–water partition coefficient (Wildman–Crippen LogP) is 3.21. The maximum absolute atomic E-state index is 4.90. The molecule has 0 aliphatic heterocycles. The minimum Gasteiger partial charge on any atom is -0.353 e. The third kappa shape index (κ3) is 2.91. The number of nitrogens with one attached hydrogen (secondary N) is 1. The van der Waals surface area contributed by atoms with E-state index < -0.39 is 0 Å². The standard InChI is InChI=1S/C17H26N4/c1-4-13(3)20(5-2)17-15(12-18-14-9-10-14)21-11-7-6-8-16(21)19-17/h6-8,11,13-14,18H,4-5,9-10,12H2,1-3H3. The van der Waals surface area contributed by atoms with Gasteiger partial charge in [-0.05, 0) is 45.2 Å². The molecular formula is C17H26N4. The molecule has 0 saturated heterocycles. The van der Waals surface area contributed by atoms with Gasteiger partial charge in [0, 0.05) is 31.4 Å². The first-order valence-electron chi connectivity index (χ1n) is 8.20. The molecule has 2 aromatic heterocycles. The molecule has 0 spiro atoms. The highest BCUT2D eigenvalue weighted by molar-refractivity contribution is 5.56. The number of hydrogen-bond donors (Lipinski definition) is 1. The minimum atomic E-state index is 0.514. The molecule has 1 unspecified atom stereocenters. The normalized spacial score (nSPS) is 16.3. The quantitative estimate of drug-likeness (QED) is 0.848. The Bertz CT molecular complexity index is 600.